The lowest BCUT2D eigenvalue weighted by molar-refractivity contribution is -0.151. The van der Waals surface area contributed by atoms with Gasteiger partial charge in [-0.3, -0.25) is 0 Å². The van der Waals surface area contributed by atoms with Crippen molar-refractivity contribution in [2.45, 2.75) is 26.4 Å². The van der Waals surface area contributed by atoms with Crippen LogP contribution in [-0.2, 0) is 9.53 Å². The summed E-state index contributed by atoms with van der Waals surface area (Å²) < 4.78 is 16.8. The highest BCUT2D eigenvalue weighted by Gasteiger charge is 2.21. The number of esters is 1. The molecule has 0 aliphatic rings. The van der Waals surface area contributed by atoms with Crippen molar-refractivity contribution in [3.63, 3.8) is 0 Å². The number of hydrogen-bond donors (Lipinski definition) is 0. The molecular formula is C18H18O4. The summed E-state index contributed by atoms with van der Waals surface area (Å²) in [6.07, 6.45) is -0.0890. The third-order valence-electron chi connectivity index (χ3n) is 3.56. The molecule has 22 heavy (non-hydrogen) atoms. The van der Waals surface area contributed by atoms with Gasteiger partial charge in [-0.05, 0) is 25.5 Å². The van der Waals surface area contributed by atoms with Crippen LogP contribution >= 0.6 is 0 Å². The van der Waals surface area contributed by atoms with Crippen molar-refractivity contribution in [3.8, 4) is 5.75 Å². The standard InChI is InChI=1S/C18H18O4/c1-3-14(18(19)20-4-2)21-16-11-7-9-13-12-8-5-6-10-15(12)22-17(13)16/h5-11,14H,3-4H2,1-2H3/t14-/m0/s1. The minimum Gasteiger partial charge on any atom is -0.475 e. The van der Waals surface area contributed by atoms with E-state index in [1.807, 2.05) is 49.4 Å². The quantitative estimate of drug-likeness (QED) is 0.659. The van der Waals surface area contributed by atoms with Crippen molar-refractivity contribution in [1.82, 2.24) is 0 Å². The molecule has 0 fully saturated rings. The van der Waals surface area contributed by atoms with Crippen molar-refractivity contribution >= 4 is 27.9 Å². The maximum Gasteiger partial charge on any atom is 0.347 e. The lowest BCUT2D eigenvalue weighted by Crippen LogP contribution is -2.28. The SMILES string of the molecule is CCOC(=O)[C@H](CC)Oc1cccc2c1oc1ccccc12. The van der Waals surface area contributed by atoms with Gasteiger partial charge < -0.3 is 13.9 Å². The zero-order valence-electron chi connectivity index (χ0n) is 12.7. The average Bonchev–Trinajstić information content (AvgIpc) is 2.92. The Morgan fingerprint density at radius 3 is 2.64 bits per heavy atom. The van der Waals surface area contributed by atoms with Crippen molar-refractivity contribution in [1.29, 1.82) is 0 Å². The number of para-hydroxylation sites is 2. The molecule has 3 aromatic rings. The van der Waals surface area contributed by atoms with Gasteiger partial charge in [0.2, 0.25) is 0 Å². The van der Waals surface area contributed by atoms with Gasteiger partial charge >= 0.3 is 5.97 Å². The summed E-state index contributed by atoms with van der Waals surface area (Å²) in [5, 5.41) is 2.01. The van der Waals surface area contributed by atoms with Crippen LogP contribution in [0.1, 0.15) is 20.3 Å². The Labute approximate surface area is 128 Å². The van der Waals surface area contributed by atoms with Crippen LogP contribution in [0, 0.1) is 0 Å². The fourth-order valence-electron chi connectivity index (χ4n) is 2.50. The number of benzene rings is 2. The normalized spacial score (nSPS) is 12.5. The van der Waals surface area contributed by atoms with Gasteiger partial charge in [-0.1, -0.05) is 37.3 Å². The monoisotopic (exact) mass is 298 g/mol. The first-order chi connectivity index (χ1) is 10.7. The number of hydrogen-bond acceptors (Lipinski definition) is 4. The topological polar surface area (TPSA) is 48.7 Å². The summed E-state index contributed by atoms with van der Waals surface area (Å²) in [6, 6.07) is 13.5. The Morgan fingerprint density at radius 1 is 1.09 bits per heavy atom. The van der Waals surface area contributed by atoms with Crippen LogP contribution in [0.5, 0.6) is 5.75 Å². The minimum absolute atomic E-state index is 0.341. The van der Waals surface area contributed by atoms with Crippen molar-refractivity contribution in [2.24, 2.45) is 0 Å². The number of carbonyl (C=O) groups is 1. The first-order valence-corrected chi connectivity index (χ1v) is 7.48. The molecule has 114 valence electrons. The highest BCUT2D eigenvalue weighted by molar-refractivity contribution is 6.06. The molecule has 4 heteroatoms. The lowest BCUT2D eigenvalue weighted by atomic mass is 10.1. The predicted octanol–water partition coefficient (Wildman–Crippen LogP) is 4.31. The number of carbonyl (C=O) groups excluding carboxylic acids is 1. The molecule has 4 nitrogen and oxygen atoms in total. The van der Waals surface area contributed by atoms with Crippen LogP contribution in [0.3, 0.4) is 0 Å². The van der Waals surface area contributed by atoms with E-state index < -0.39 is 6.10 Å². The van der Waals surface area contributed by atoms with E-state index in [4.69, 9.17) is 13.9 Å². The van der Waals surface area contributed by atoms with E-state index in [1.165, 1.54) is 0 Å². The molecule has 0 aliphatic carbocycles. The molecule has 1 aromatic heterocycles. The van der Waals surface area contributed by atoms with E-state index >= 15 is 0 Å². The smallest absolute Gasteiger partial charge is 0.347 e. The summed E-state index contributed by atoms with van der Waals surface area (Å²) in [4.78, 5) is 11.9. The summed E-state index contributed by atoms with van der Waals surface area (Å²) >= 11 is 0. The van der Waals surface area contributed by atoms with Gasteiger partial charge in [0, 0.05) is 10.8 Å². The fraction of sp³-hybridized carbons (Fsp3) is 0.278. The first kappa shape index (κ1) is 14.4. The molecule has 0 bridgehead atoms. The minimum atomic E-state index is -0.626. The molecule has 2 aromatic carbocycles. The van der Waals surface area contributed by atoms with Gasteiger partial charge in [0.05, 0.1) is 6.61 Å². The molecule has 3 rings (SSSR count). The number of rotatable bonds is 5. The Hall–Kier alpha value is -2.49. The Bertz CT molecular complexity index is 803. The molecule has 1 atom stereocenters. The van der Waals surface area contributed by atoms with Gasteiger partial charge in [-0.2, -0.15) is 0 Å². The van der Waals surface area contributed by atoms with Crippen LogP contribution < -0.4 is 4.74 Å². The van der Waals surface area contributed by atoms with Gasteiger partial charge in [0.15, 0.2) is 17.4 Å². The van der Waals surface area contributed by atoms with Crippen molar-refractivity contribution in [3.05, 3.63) is 42.5 Å². The average molecular weight is 298 g/mol. The summed E-state index contributed by atoms with van der Waals surface area (Å²) in [5.74, 6) is 0.215. The molecule has 0 unspecified atom stereocenters. The Kier molecular flexibility index (Phi) is 4.00. The maximum absolute atomic E-state index is 11.9. The molecule has 0 saturated heterocycles. The number of furan rings is 1. The molecular weight excluding hydrogens is 280 g/mol. The van der Waals surface area contributed by atoms with Crippen LogP contribution in [0.25, 0.3) is 21.9 Å². The van der Waals surface area contributed by atoms with Crippen LogP contribution in [0.4, 0.5) is 0 Å². The van der Waals surface area contributed by atoms with Crippen molar-refractivity contribution in [2.75, 3.05) is 6.61 Å². The van der Waals surface area contributed by atoms with Gasteiger partial charge in [0.1, 0.15) is 5.58 Å². The van der Waals surface area contributed by atoms with Crippen LogP contribution in [0.2, 0.25) is 0 Å². The third-order valence-corrected chi connectivity index (χ3v) is 3.56. The summed E-state index contributed by atoms with van der Waals surface area (Å²) in [5.41, 5.74) is 1.46. The molecule has 0 radical (unpaired) electrons. The van der Waals surface area contributed by atoms with E-state index in [1.54, 1.807) is 6.92 Å². The maximum atomic E-state index is 11.9. The summed E-state index contributed by atoms with van der Waals surface area (Å²) in [7, 11) is 0. The summed E-state index contributed by atoms with van der Waals surface area (Å²) in [6.45, 7) is 4.01. The first-order valence-electron chi connectivity index (χ1n) is 7.48. The van der Waals surface area contributed by atoms with Crippen molar-refractivity contribution < 1.29 is 18.7 Å². The second-order valence-electron chi connectivity index (χ2n) is 5.00. The highest BCUT2D eigenvalue weighted by atomic mass is 16.6. The zero-order valence-corrected chi connectivity index (χ0v) is 12.7. The second-order valence-corrected chi connectivity index (χ2v) is 5.00. The molecule has 0 spiro atoms. The van der Waals surface area contributed by atoms with E-state index in [2.05, 4.69) is 0 Å². The Morgan fingerprint density at radius 2 is 1.86 bits per heavy atom. The molecule has 0 amide bonds. The van der Waals surface area contributed by atoms with Crippen LogP contribution in [0.15, 0.2) is 46.9 Å². The largest absolute Gasteiger partial charge is 0.475 e. The van der Waals surface area contributed by atoms with E-state index in [-0.39, 0.29) is 5.97 Å². The zero-order chi connectivity index (χ0) is 15.5. The number of ether oxygens (including phenoxy) is 2. The van der Waals surface area contributed by atoms with Gasteiger partial charge in [0.25, 0.3) is 0 Å². The lowest BCUT2D eigenvalue weighted by Gasteiger charge is -2.15. The highest BCUT2D eigenvalue weighted by Crippen LogP contribution is 2.35. The fourth-order valence-corrected chi connectivity index (χ4v) is 2.50. The van der Waals surface area contributed by atoms with E-state index in [9.17, 15) is 4.79 Å². The molecule has 0 saturated carbocycles. The van der Waals surface area contributed by atoms with E-state index in [0.29, 0.717) is 24.4 Å². The third kappa shape index (κ3) is 2.52. The Balaban J connectivity index is 2.01. The molecule has 1 heterocycles. The molecule has 0 aliphatic heterocycles. The predicted molar refractivity (Wildman–Crippen MR) is 85.1 cm³/mol. The van der Waals surface area contributed by atoms with E-state index in [0.717, 1.165) is 16.4 Å². The van der Waals surface area contributed by atoms with Gasteiger partial charge in [-0.15, -0.1) is 0 Å². The molecule has 0 N–H and O–H groups in total. The number of fused-ring (bicyclic) bond motifs is 3. The second kappa shape index (κ2) is 6.10. The van der Waals surface area contributed by atoms with Gasteiger partial charge in [-0.25, -0.2) is 4.79 Å². The van der Waals surface area contributed by atoms with Crippen LogP contribution in [-0.4, -0.2) is 18.7 Å².